The molecular weight excluding hydrogens is 396 g/mol. The predicted octanol–water partition coefficient (Wildman–Crippen LogP) is 2.77. The van der Waals surface area contributed by atoms with E-state index < -0.39 is 10.8 Å². The maximum atomic E-state index is 12.2. The lowest BCUT2D eigenvalue weighted by Crippen LogP contribution is -2.16. The zero-order valence-corrected chi connectivity index (χ0v) is 16.0. The van der Waals surface area contributed by atoms with Gasteiger partial charge < -0.3 is 16.4 Å². The summed E-state index contributed by atoms with van der Waals surface area (Å²) in [5, 5.41) is 16.7. The van der Waals surface area contributed by atoms with E-state index in [1.807, 2.05) is 0 Å². The second kappa shape index (κ2) is 8.74. The van der Waals surface area contributed by atoms with E-state index in [-0.39, 0.29) is 39.6 Å². The predicted molar refractivity (Wildman–Crippen MR) is 109 cm³/mol. The first-order chi connectivity index (χ1) is 13.8. The molecule has 0 unspecified atom stereocenters. The zero-order valence-electron chi connectivity index (χ0n) is 15.2. The van der Waals surface area contributed by atoms with Gasteiger partial charge in [0.2, 0.25) is 17.7 Å². The van der Waals surface area contributed by atoms with Gasteiger partial charge in [0.25, 0.3) is 5.69 Å². The second-order valence-electron chi connectivity index (χ2n) is 6.49. The van der Waals surface area contributed by atoms with Crippen molar-refractivity contribution in [2.24, 2.45) is 11.7 Å². The van der Waals surface area contributed by atoms with Crippen LogP contribution in [0.1, 0.15) is 23.2 Å². The van der Waals surface area contributed by atoms with Gasteiger partial charge in [0.15, 0.2) is 0 Å². The van der Waals surface area contributed by atoms with Crippen molar-refractivity contribution in [1.29, 1.82) is 0 Å². The van der Waals surface area contributed by atoms with Gasteiger partial charge in [-0.2, -0.15) is 0 Å². The Morgan fingerprint density at radius 3 is 2.41 bits per heavy atom. The van der Waals surface area contributed by atoms with Gasteiger partial charge in [-0.25, -0.2) is 0 Å². The molecule has 10 heteroatoms. The Bertz CT molecular complexity index is 990. The molecule has 0 aliphatic heterocycles. The van der Waals surface area contributed by atoms with Crippen LogP contribution in [0.15, 0.2) is 47.4 Å². The third-order valence-corrected chi connectivity index (χ3v) is 5.22. The summed E-state index contributed by atoms with van der Waals surface area (Å²) in [5.41, 5.74) is 5.97. The number of nitrogens with zero attached hydrogens (tertiary/aromatic N) is 1. The van der Waals surface area contributed by atoms with Crippen LogP contribution in [0.25, 0.3) is 0 Å². The Balaban J connectivity index is 1.61. The third-order valence-electron chi connectivity index (χ3n) is 4.16. The molecule has 0 radical (unpaired) electrons. The molecule has 0 bridgehead atoms. The fraction of sp³-hybridized carbons (Fsp3) is 0.211. The minimum atomic E-state index is -0.768. The highest BCUT2D eigenvalue weighted by Gasteiger charge is 2.29. The lowest BCUT2D eigenvalue weighted by atomic mass is 10.2. The van der Waals surface area contributed by atoms with E-state index in [0.717, 1.165) is 30.7 Å². The summed E-state index contributed by atoms with van der Waals surface area (Å²) < 4.78 is 0. The molecular formula is C19H18N4O5S. The van der Waals surface area contributed by atoms with Crippen LogP contribution in [0, 0.1) is 16.0 Å². The van der Waals surface area contributed by atoms with Crippen molar-refractivity contribution in [3.8, 4) is 0 Å². The molecule has 1 saturated carbocycles. The number of nitrogens with two attached hydrogens (primary N) is 1. The highest BCUT2D eigenvalue weighted by Crippen LogP contribution is 2.31. The van der Waals surface area contributed by atoms with Gasteiger partial charge in [-0.3, -0.25) is 24.5 Å². The highest BCUT2D eigenvalue weighted by molar-refractivity contribution is 8.00. The lowest BCUT2D eigenvalue weighted by molar-refractivity contribution is -0.387. The first kappa shape index (κ1) is 20.3. The van der Waals surface area contributed by atoms with Crippen molar-refractivity contribution in [3.63, 3.8) is 0 Å². The third kappa shape index (κ3) is 5.55. The summed E-state index contributed by atoms with van der Waals surface area (Å²) in [6, 6.07) is 10.6. The maximum absolute atomic E-state index is 12.2. The molecule has 1 fully saturated rings. The first-order valence-corrected chi connectivity index (χ1v) is 9.74. The van der Waals surface area contributed by atoms with Crippen molar-refractivity contribution in [2.45, 2.75) is 17.7 Å². The molecule has 2 aromatic rings. The SMILES string of the molecule is NC(=O)c1ccc(SCC(=O)Nc2cccc(NC(=O)C3CC3)c2)c([N+](=O)[O-])c1. The number of carbonyl (C=O) groups excluding carboxylic acids is 3. The Hall–Kier alpha value is -3.40. The number of nitro groups is 1. The summed E-state index contributed by atoms with van der Waals surface area (Å²) in [6.07, 6.45) is 1.79. The van der Waals surface area contributed by atoms with Crippen molar-refractivity contribution in [2.75, 3.05) is 16.4 Å². The molecule has 0 aromatic heterocycles. The van der Waals surface area contributed by atoms with Crippen molar-refractivity contribution >= 4 is 46.5 Å². The number of carbonyl (C=O) groups is 3. The minimum Gasteiger partial charge on any atom is -0.366 e. The van der Waals surface area contributed by atoms with Crippen LogP contribution >= 0.6 is 11.8 Å². The fourth-order valence-electron chi connectivity index (χ4n) is 2.54. The number of hydrogen-bond acceptors (Lipinski definition) is 6. The summed E-state index contributed by atoms with van der Waals surface area (Å²) in [5.74, 6) is -1.17. The van der Waals surface area contributed by atoms with Crippen molar-refractivity contribution in [3.05, 3.63) is 58.1 Å². The number of rotatable bonds is 8. The Morgan fingerprint density at radius 2 is 1.79 bits per heavy atom. The smallest absolute Gasteiger partial charge is 0.283 e. The van der Waals surface area contributed by atoms with Crippen LogP contribution in [0.5, 0.6) is 0 Å². The van der Waals surface area contributed by atoms with Crippen molar-refractivity contribution < 1.29 is 19.3 Å². The van der Waals surface area contributed by atoms with E-state index in [0.29, 0.717) is 11.4 Å². The number of benzene rings is 2. The lowest BCUT2D eigenvalue weighted by Gasteiger charge is -2.09. The van der Waals surface area contributed by atoms with E-state index in [9.17, 15) is 24.5 Å². The molecule has 0 heterocycles. The van der Waals surface area contributed by atoms with Gasteiger partial charge in [-0.05, 0) is 43.2 Å². The van der Waals surface area contributed by atoms with Crippen LogP contribution in [-0.2, 0) is 9.59 Å². The number of nitrogens with one attached hydrogen (secondary N) is 2. The molecule has 3 amide bonds. The van der Waals surface area contributed by atoms with Gasteiger partial charge in [0.1, 0.15) is 0 Å². The molecule has 9 nitrogen and oxygen atoms in total. The monoisotopic (exact) mass is 414 g/mol. The van der Waals surface area contributed by atoms with Gasteiger partial charge in [-0.1, -0.05) is 6.07 Å². The van der Waals surface area contributed by atoms with Gasteiger partial charge in [0, 0.05) is 28.9 Å². The van der Waals surface area contributed by atoms with E-state index in [1.54, 1.807) is 24.3 Å². The molecule has 4 N–H and O–H groups in total. The molecule has 0 spiro atoms. The van der Waals surface area contributed by atoms with Crippen LogP contribution in [0.2, 0.25) is 0 Å². The molecule has 1 aliphatic carbocycles. The number of nitro benzene ring substituents is 1. The number of primary amides is 1. The number of thioether (sulfide) groups is 1. The van der Waals surface area contributed by atoms with Crippen LogP contribution in [-0.4, -0.2) is 28.4 Å². The summed E-state index contributed by atoms with van der Waals surface area (Å²) >= 11 is 0.975. The molecule has 3 rings (SSSR count). The van der Waals surface area contributed by atoms with E-state index in [2.05, 4.69) is 10.6 Å². The van der Waals surface area contributed by atoms with E-state index >= 15 is 0 Å². The second-order valence-corrected chi connectivity index (χ2v) is 7.50. The zero-order chi connectivity index (χ0) is 21.0. The largest absolute Gasteiger partial charge is 0.366 e. The number of anilines is 2. The van der Waals surface area contributed by atoms with Crippen molar-refractivity contribution in [1.82, 2.24) is 0 Å². The van der Waals surface area contributed by atoms with E-state index in [4.69, 9.17) is 5.73 Å². The average Bonchev–Trinajstić information content (AvgIpc) is 3.51. The molecule has 2 aromatic carbocycles. The molecule has 0 saturated heterocycles. The number of amides is 3. The summed E-state index contributed by atoms with van der Waals surface area (Å²) in [6.45, 7) is 0. The van der Waals surface area contributed by atoms with Crippen LogP contribution < -0.4 is 16.4 Å². The average molecular weight is 414 g/mol. The van der Waals surface area contributed by atoms with Gasteiger partial charge in [-0.15, -0.1) is 11.8 Å². The fourth-order valence-corrected chi connectivity index (χ4v) is 3.34. The van der Waals surface area contributed by atoms with Gasteiger partial charge >= 0.3 is 0 Å². The standard InChI is InChI=1S/C19H18N4O5S/c20-18(25)12-6-7-16(15(8-12)23(27)28)29-10-17(24)21-13-2-1-3-14(9-13)22-19(26)11-4-5-11/h1-3,6-9,11H,4-5,10H2,(H2,20,25)(H,21,24)(H,22,26). The van der Waals surface area contributed by atoms with Crippen LogP contribution in [0.4, 0.5) is 17.1 Å². The minimum absolute atomic E-state index is 0.0237. The summed E-state index contributed by atoms with van der Waals surface area (Å²) in [7, 11) is 0. The Morgan fingerprint density at radius 1 is 1.10 bits per heavy atom. The molecule has 150 valence electrons. The topological polar surface area (TPSA) is 144 Å². The quantitative estimate of drug-likeness (QED) is 0.344. The Labute approximate surface area is 170 Å². The van der Waals surface area contributed by atoms with Crippen LogP contribution in [0.3, 0.4) is 0 Å². The molecule has 0 atom stereocenters. The molecule has 29 heavy (non-hydrogen) atoms. The normalized spacial score (nSPS) is 12.8. The first-order valence-electron chi connectivity index (χ1n) is 8.75. The number of hydrogen-bond donors (Lipinski definition) is 3. The van der Waals surface area contributed by atoms with E-state index in [1.165, 1.54) is 12.1 Å². The maximum Gasteiger partial charge on any atom is 0.283 e. The van der Waals surface area contributed by atoms with Gasteiger partial charge in [0.05, 0.1) is 15.6 Å². The Kier molecular flexibility index (Phi) is 6.13. The molecule has 1 aliphatic rings. The summed E-state index contributed by atoms with van der Waals surface area (Å²) in [4.78, 5) is 46.1. The highest BCUT2D eigenvalue weighted by atomic mass is 32.2.